The summed E-state index contributed by atoms with van der Waals surface area (Å²) in [7, 11) is 28.9. The molecule has 0 amide bonds. The minimum absolute atomic E-state index is 0.106. The first-order valence-corrected chi connectivity index (χ1v) is 57.8. The first kappa shape index (κ1) is 114. The molecular weight excluding hydrogens is 2140 g/mol. The van der Waals surface area contributed by atoms with Crippen LogP contribution < -0.4 is 30.5 Å². The molecule has 0 bridgehead atoms. The number of benzene rings is 7. The number of halogens is 11. The van der Waals surface area contributed by atoms with Crippen LogP contribution in [0.1, 0.15) is 318 Å². The van der Waals surface area contributed by atoms with Gasteiger partial charge in [-0.1, -0.05) is 380 Å². The summed E-state index contributed by atoms with van der Waals surface area (Å²) in [6.45, 7) is 62.6. The molecule has 718 valence electrons. The molecule has 14 rings (SSSR count). The molecule has 0 saturated heterocycles. The van der Waals surface area contributed by atoms with Crippen LogP contribution in [0.4, 0.5) is 22.7 Å². The second-order valence-corrected chi connectivity index (χ2v) is 44.5. The predicted molar refractivity (Wildman–Crippen MR) is 559 cm³/mol. The summed E-state index contributed by atoms with van der Waals surface area (Å²) in [6.07, 6.45) is 11.9. The summed E-state index contributed by atoms with van der Waals surface area (Å²) in [5, 5.41) is 4.97. The Bertz CT molecular complexity index is 5160. The summed E-state index contributed by atoms with van der Waals surface area (Å²) in [6, 6.07) is 57.5. The maximum absolute atomic E-state index is 14.3. The quantitative estimate of drug-likeness (QED) is 0.0473. The number of hydrogen-bond donors (Lipinski definition) is 0. The van der Waals surface area contributed by atoms with Crippen molar-refractivity contribution in [1.82, 2.24) is 24.1 Å². The van der Waals surface area contributed by atoms with Crippen LogP contribution in [0.5, 0.6) is 0 Å². The van der Waals surface area contributed by atoms with E-state index in [4.69, 9.17) is 115 Å². The van der Waals surface area contributed by atoms with Crippen LogP contribution in [0, 0.1) is 24.0 Å². The van der Waals surface area contributed by atoms with Crippen molar-refractivity contribution in [3.63, 3.8) is 0 Å². The van der Waals surface area contributed by atoms with Crippen LogP contribution in [-0.4, -0.2) is 24.1 Å². The molecule has 25 heteroatoms. The molecule has 0 N–H and O–H groups in total. The van der Waals surface area contributed by atoms with Crippen molar-refractivity contribution >= 4 is 149 Å². The molecule has 4 aliphatic rings. The molecule has 6 heterocycles. The van der Waals surface area contributed by atoms with Gasteiger partial charge in [-0.15, -0.1) is 13.3 Å². The first-order valence-electron chi connectivity index (χ1n) is 43.9. The Hall–Kier alpha value is -5.60. The molecule has 11 nitrogen and oxygen atoms in total. The van der Waals surface area contributed by atoms with E-state index in [0.717, 1.165) is 45.0 Å². The van der Waals surface area contributed by atoms with E-state index in [1.165, 1.54) is 67.3 Å². The second kappa shape index (κ2) is 55.7. The zero-order valence-corrected chi connectivity index (χ0v) is 92.7. The summed E-state index contributed by atoms with van der Waals surface area (Å²) in [4.78, 5) is 48.9. The van der Waals surface area contributed by atoms with Gasteiger partial charge in [0, 0.05) is 99.1 Å². The monoisotopic (exact) mass is 2260 g/mol. The fraction of sp³-hybridized carbons (Fsp3) is 0.358. The van der Waals surface area contributed by atoms with Gasteiger partial charge in [-0.25, -0.2) is 0 Å². The Morgan fingerprint density at radius 3 is 0.611 bits per heavy atom. The van der Waals surface area contributed by atoms with Crippen molar-refractivity contribution in [2.45, 2.75) is 251 Å². The molecular formula is C106H127Cl11N9O2Pd3-3. The topological polar surface area (TPSA) is 95.6 Å². The Kier molecular flexibility index (Phi) is 48.5. The fourth-order valence-corrected chi connectivity index (χ4v) is 16.8. The molecule has 10 aromatic rings. The van der Waals surface area contributed by atoms with Crippen molar-refractivity contribution in [1.29, 1.82) is 0 Å². The van der Waals surface area contributed by atoms with E-state index >= 15 is 0 Å². The molecule has 0 spiro atoms. The zero-order valence-electron chi connectivity index (χ0n) is 79.7. The van der Waals surface area contributed by atoms with E-state index < -0.39 is 0 Å². The Morgan fingerprint density at radius 1 is 0.260 bits per heavy atom. The van der Waals surface area contributed by atoms with E-state index in [1.54, 1.807) is 85.7 Å². The van der Waals surface area contributed by atoms with Gasteiger partial charge in [-0.2, -0.15) is 0 Å². The van der Waals surface area contributed by atoms with Crippen molar-refractivity contribution in [2.24, 2.45) is 0 Å². The van der Waals surface area contributed by atoms with Gasteiger partial charge in [0.2, 0.25) is 0 Å². The number of anilines is 4. The number of para-hydroxylation sites is 6. The van der Waals surface area contributed by atoms with Gasteiger partial charge in [-0.3, -0.25) is 24.5 Å². The molecule has 0 saturated carbocycles. The molecule has 131 heavy (non-hydrogen) atoms. The van der Waals surface area contributed by atoms with Crippen LogP contribution in [0.15, 0.2) is 245 Å². The molecule has 1 aliphatic carbocycles. The number of hydrogen-bond acceptors (Lipinski definition) is 9. The first-order chi connectivity index (χ1) is 62.1. The maximum atomic E-state index is 14.3. The summed E-state index contributed by atoms with van der Waals surface area (Å²) in [5.74, 6) is 4.31. The van der Waals surface area contributed by atoms with Gasteiger partial charge in [0.1, 0.15) is 10.3 Å². The molecule has 0 atom stereocenters. The van der Waals surface area contributed by atoms with Gasteiger partial charge in [0.05, 0.1) is 15.1 Å². The minimum atomic E-state index is -0.111. The van der Waals surface area contributed by atoms with Crippen molar-refractivity contribution in [3.8, 4) is 11.4 Å². The summed E-state index contributed by atoms with van der Waals surface area (Å²) in [5.41, 5.74) is 24.8. The van der Waals surface area contributed by atoms with Crippen LogP contribution in [0.25, 0.3) is 22.1 Å². The third-order valence-corrected chi connectivity index (χ3v) is 24.0. The number of allylic oxidation sites excluding steroid dienone is 2. The number of pyridine rings is 3. The number of rotatable bonds is 18. The molecule has 0 radical (unpaired) electrons. The molecule has 0 fully saturated rings. The number of aromatic nitrogens is 5. The average molecular weight is 2270 g/mol. The standard InChI is InChI=1S/C35H39N2O2.C29H41N2.C27H35Cl2N2.3C5H4ClN.6ClH.3Pd/c1-20(2)24-15-11-16-25(21(3)4)30(24)36-19-37(31-26(22(5)6)17-12-18-27(31)23(7)8)33-32(36)34(38)28-13-9-10-14-29(28)35(33)39;1-18(2)24-13-11-14-25(19(3)4)28(24)30-17-31(23(10)22(30)9)29-26(20(5)6)15-12-16-27(29)21(7)8;1-16(2)20-11-9-12-21(17(3)4)24(20)30-15-31(27(29)26(30)28)25-22(18(5)6)13-10-14-23(25)19(7)8;3*6-5-2-1-3-7-4-5;;;;;;;;;/h9-23H,1-8H3;11-21H,1-10H3;9-19H,1-8H3;3*1-4H;6*1H;;;/q3*-1;;;;;;;;;;3*+2/p-6. The van der Waals surface area contributed by atoms with Gasteiger partial charge in [-0.05, 0) is 177 Å². The normalized spacial score (nSPS) is 12.6. The van der Waals surface area contributed by atoms with Gasteiger partial charge >= 0.3 is 105 Å². The average Bonchev–Trinajstić information content (AvgIpc) is 1.57. The van der Waals surface area contributed by atoms with Gasteiger partial charge < -0.3 is 28.7 Å². The predicted octanol–water partition coefficient (Wildman–Crippen LogP) is 35.5. The van der Waals surface area contributed by atoms with Crippen molar-refractivity contribution < 1.29 is 47.8 Å². The van der Waals surface area contributed by atoms with Gasteiger partial charge in [0.25, 0.3) is 0 Å². The molecule has 3 aliphatic heterocycles. The SMILES string of the molecule is CC(C)c1cccc(C(C)C)c1-n1[cH-]n(-c2c(C(C)C)cccc2C(C)C)c2c(=O)c3ccccc3c(=O)c1=2.CC(C)c1cccc(C(C)C)c1N1[CH-]N(c2c(C(C)C)cccc2C(C)C)C(Cl)=C1Cl.CC1=C(C)N(c2c(C(C)C)cccc2C(C)C)[CH-]N1c1c(C(C)C)cccc1C(C)C.Clc1cccnc1.Clc1cccnc1.Clc1cccnc1.[Cl][Pd][Cl].[Cl][Pd][Cl].[Cl][Pd][Cl]. The zero-order chi connectivity index (χ0) is 97.7. The summed E-state index contributed by atoms with van der Waals surface area (Å²) >= 11 is 30.0. The Labute approximate surface area is 855 Å². The molecule has 0 unspecified atom stereocenters. The van der Waals surface area contributed by atoms with Crippen LogP contribution >= 0.6 is 115 Å². The van der Waals surface area contributed by atoms with E-state index in [1.807, 2.05) is 27.6 Å². The Morgan fingerprint density at radius 2 is 0.443 bits per heavy atom. The number of nitrogens with zero attached hydrogens (tertiary/aromatic N) is 9. The number of fused-ring (bicyclic) bond motifs is 1. The van der Waals surface area contributed by atoms with Crippen LogP contribution in [-0.2, 0) is 47.8 Å². The van der Waals surface area contributed by atoms with Crippen LogP contribution in [0.3, 0.4) is 0 Å². The third kappa shape index (κ3) is 30.0. The Balaban J connectivity index is 0.000000261. The second-order valence-electron chi connectivity index (χ2n) is 35.4. The van der Waals surface area contributed by atoms with E-state index in [9.17, 15) is 9.59 Å². The van der Waals surface area contributed by atoms with Crippen molar-refractivity contribution in [2.75, 3.05) is 19.6 Å². The van der Waals surface area contributed by atoms with Crippen molar-refractivity contribution in [3.05, 3.63) is 361 Å². The summed E-state index contributed by atoms with van der Waals surface area (Å²) < 4.78 is 4.05. The third-order valence-electron chi connectivity index (χ3n) is 22.5. The van der Waals surface area contributed by atoms with E-state index in [-0.39, 0.29) is 82.3 Å². The van der Waals surface area contributed by atoms with E-state index in [2.05, 4.69) is 337 Å². The van der Waals surface area contributed by atoms with Crippen LogP contribution in [0.2, 0.25) is 15.1 Å². The fourth-order valence-electron chi connectivity index (χ4n) is 15.9. The molecule has 7 aromatic carbocycles. The van der Waals surface area contributed by atoms with E-state index in [0.29, 0.717) is 94.2 Å². The van der Waals surface area contributed by atoms with Gasteiger partial charge in [0.15, 0.2) is 10.9 Å². The molecule has 3 aromatic heterocycles.